The number of pyridine rings is 1. The van der Waals surface area contributed by atoms with Crippen LogP contribution in [0.3, 0.4) is 0 Å². The molecule has 2 heterocycles. The molecule has 0 aromatic carbocycles. The van der Waals surface area contributed by atoms with Crippen LogP contribution in [0.2, 0.25) is 0 Å². The number of anilines is 1. The fraction of sp³-hybridized carbons (Fsp3) is 0.385. The number of nitrogens with two attached hydrogens (primary N) is 1. The van der Waals surface area contributed by atoms with Gasteiger partial charge in [0, 0.05) is 24.7 Å². The second-order valence-electron chi connectivity index (χ2n) is 4.50. The fourth-order valence-corrected chi connectivity index (χ4v) is 2.46. The summed E-state index contributed by atoms with van der Waals surface area (Å²) >= 11 is 1.61. The van der Waals surface area contributed by atoms with Gasteiger partial charge in [-0.3, -0.25) is 0 Å². The lowest BCUT2D eigenvalue weighted by atomic mass is 10.1. The van der Waals surface area contributed by atoms with Crippen LogP contribution in [-0.2, 0) is 13.0 Å². The molecule has 0 saturated heterocycles. The SMILES string of the molecule is CC(N)Cc1cccnc1N(C)Cc1cscn1. The zero-order valence-corrected chi connectivity index (χ0v) is 11.5. The van der Waals surface area contributed by atoms with E-state index in [4.69, 9.17) is 5.73 Å². The van der Waals surface area contributed by atoms with Crippen LogP contribution >= 0.6 is 11.3 Å². The van der Waals surface area contributed by atoms with Gasteiger partial charge in [-0.25, -0.2) is 9.97 Å². The van der Waals surface area contributed by atoms with Gasteiger partial charge in [0.05, 0.1) is 17.7 Å². The van der Waals surface area contributed by atoms with E-state index in [9.17, 15) is 0 Å². The lowest BCUT2D eigenvalue weighted by Crippen LogP contribution is -2.23. The van der Waals surface area contributed by atoms with Crippen molar-refractivity contribution < 1.29 is 0 Å². The lowest BCUT2D eigenvalue weighted by molar-refractivity contribution is 0.729. The van der Waals surface area contributed by atoms with Gasteiger partial charge in [0.15, 0.2) is 0 Å². The molecule has 0 aliphatic rings. The van der Waals surface area contributed by atoms with Crippen LogP contribution in [-0.4, -0.2) is 23.1 Å². The predicted molar refractivity (Wildman–Crippen MR) is 75.8 cm³/mol. The summed E-state index contributed by atoms with van der Waals surface area (Å²) in [6.07, 6.45) is 2.65. The molecule has 2 aromatic rings. The van der Waals surface area contributed by atoms with Crippen molar-refractivity contribution in [3.05, 3.63) is 40.5 Å². The zero-order chi connectivity index (χ0) is 13.0. The number of rotatable bonds is 5. The molecular weight excluding hydrogens is 244 g/mol. The molecule has 2 N–H and O–H groups in total. The number of aromatic nitrogens is 2. The summed E-state index contributed by atoms with van der Waals surface area (Å²) < 4.78 is 0. The van der Waals surface area contributed by atoms with Crippen molar-refractivity contribution >= 4 is 17.2 Å². The Morgan fingerprint density at radius 3 is 2.94 bits per heavy atom. The van der Waals surface area contributed by atoms with E-state index in [2.05, 4.69) is 26.3 Å². The Morgan fingerprint density at radius 1 is 1.44 bits per heavy atom. The Kier molecular flexibility index (Phi) is 4.28. The molecule has 0 radical (unpaired) electrons. The molecule has 1 unspecified atom stereocenters. The topological polar surface area (TPSA) is 55.0 Å². The fourth-order valence-electron chi connectivity index (χ4n) is 1.91. The number of thiazole rings is 1. The molecule has 96 valence electrons. The van der Waals surface area contributed by atoms with Crippen LogP contribution in [0.5, 0.6) is 0 Å². The second kappa shape index (κ2) is 5.93. The van der Waals surface area contributed by atoms with Crippen LogP contribution in [0.4, 0.5) is 5.82 Å². The summed E-state index contributed by atoms with van der Waals surface area (Å²) in [5.41, 5.74) is 9.98. The van der Waals surface area contributed by atoms with E-state index < -0.39 is 0 Å². The molecular formula is C13H18N4S. The summed E-state index contributed by atoms with van der Waals surface area (Å²) in [5.74, 6) is 0.989. The van der Waals surface area contributed by atoms with Gasteiger partial charge in [0.25, 0.3) is 0 Å². The summed E-state index contributed by atoms with van der Waals surface area (Å²) in [6, 6.07) is 4.18. The van der Waals surface area contributed by atoms with Crippen molar-refractivity contribution in [2.45, 2.75) is 25.9 Å². The van der Waals surface area contributed by atoms with Gasteiger partial charge in [-0.2, -0.15) is 0 Å². The standard InChI is InChI=1S/C13H18N4S/c1-10(14)6-11-4-3-5-15-13(11)17(2)7-12-8-18-9-16-12/h3-5,8-10H,6-7,14H2,1-2H3. The maximum atomic E-state index is 5.87. The molecule has 0 amide bonds. The third-order valence-electron chi connectivity index (χ3n) is 2.65. The van der Waals surface area contributed by atoms with Gasteiger partial charge in [-0.05, 0) is 25.0 Å². The largest absolute Gasteiger partial charge is 0.354 e. The first-order chi connectivity index (χ1) is 8.66. The van der Waals surface area contributed by atoms with Gasteiger partial charge in [-0.15, -0.1) is 11.3 Å². The van der Waals surface area contributed by atoms with E-state index in [0.717, 1.165) is 24.5 Å². The summed E-state index contributed by atoms with van der Waals surface area (Å²) in [5, 5.41) is 2.06. The zero-order valence-electron chi connectivity index (χ0n) is 10.7. The molecule has 18 heavy (non-hydrogen) atoms. The van der Waals surface area contributed by atoms with E-state index in [0.29, 0.717) is 0 Å². The van der Waals surface area contributed by atoms with Crippen LogP contribution in [0.15, 0.2) is 29.2 Å². The second-order valence-corrected chi connectivity index (χ2v) is 5.22. The Morgan fingerprint density at radius 2 is 2.28 bits per heavy atom. The van der Waals surface area contributed by atoms with Gasteiger partial charge in [0.2, 0.25) is 0 Å². The molecule has 2 aromatic heterocycles. The van der Waals surface area contributed by atoms with Crippen molar-refractivity contribution in [2.75, 3.05) is 11.9 Å². The van der Waals surface area contributed by atoms with E-state index >= 15 is 0 Å². The van der Waals surface area contributed by atoms with Crippen molar-refractivity contribution in [3.8, 4) is 0 Å². The van der Waals surface area contributed by atoms with Crippen LogP contribution in [0.25, 0.3) is 0 Å². The highest BCUT2D eigenvalue weighted by molar-refractivity contribution is 7.07. The highest BCUT2D eigenvalue weighted by Gasteiger charge is 2.11. The molecule has 5 heteroatoms. The normalized spacial score (nSPS) is 12.4. The Labute approximate surface area is 111 Å². The summed E-state index contributed by atoms with van der Waals surface area (Å²) in [7, 11) is 2.03. The predicted octanol–water partition coefficient (Wildman–Crippen LogP) is 2.06. The first-order valence-corrected chi connectivity index (χ1v) is 6.88. The third kappa shape index (κ3) is 3.27. The summed E-state index contributed by atoms with van der Waals surface area (Å²) in [4.78, 5) is 10.9. The van der Waals surface area contributed by atoms with Gasteiger partial charge >= 0.3 is 0 Å². The minimum atomic E-state index is 0.139. The van der Waals surface area contributed by atoms with E-state index in [1.807, 2.05) is 31.7 Å². The first-order valence-electron chi connectivity index (χ1n) is 5.94. The molecule has 0 aliphatic heterocycles. The van der Waals surface area contributed by atoms with Crippen LogP contribution in [0.1, 0.15) is 18.2 Å². The highest BCUT2D eigenvalue weighted by Crippen LogP contribution is 2.19. The molecule has 0 fully saturated rings. The molecule has 0 bridgehead atoms. The van der Waals surface area contributed by atoms with Crippen LogP contribution in [0, 0.1) is 0 Å². The first kappa shape index (κ1) is 13.0. The molecule has 0 saturated carbocycles. The van der Waals surface area contributed by atoms with Gasteiger partial charge in [-0.1, -0.05) is 6.07 Å². The van der Waals surface area contributed by atoms with Crippen molar-refractivity contribution in [2.24, 2.45) is 5.73 Å². The van der Waals surface area contributed by atoms with Gasteiger partial charge in [0.1, 0.15) is 5.82 Å². The maximum absolute atomic E-state index is 5.87. The van der Waals surface area contributed by atoms with Crippen molar-refractivity contribution in [1.29, 1.82) is 0 Å². The Hall–Kier alpha value is -1.46. The Bertz CT molecular complexity index is 481. The maximum Gasteiger partial charge on any atom is 0.131 e. The molecule has 4 nitrogen and oxygen atoms in total. The van der Waals surface area contributed by atoms with Crippen LogP contribution < -0.4 is 10.6 Å². The monoisotopic (exact) mass is 262 g/mol. The van der Waals surface area contributed by atoms with Gasteiger partial charge < -0.3 is 10.6 Å². The average Bonchev–Trinajstić information content (AvgIpc) is 2.81. The molecule has 2 rings (SSSR count). The minimum Gasteiger partial charge on any atom is -0.354 e. The van der Waals surface area contributed by atoms with E-state index in [1.54, 1.807) is 11.3 Å². The number of nitrogens with zero attached hydrogens (tertiary/aromatic N) is 3. The smallest absolute Gasteiger partial charge is 0.131 e. The molecule has 1 atom stereocenters. The Balaban J connectivity index is 2.16. The summed E-state index contributed by atoms with van der Waals surface area (Å²) in [6.45, 7) is 2.78. The van der Waals surface area contributed by atoms with Crippen molar-refractivity contribution in [1.82, 2.24) is 9.97 Å². The van der Waals surface area contributed by atoms with Crippen molar-refractivity contribution in [3.63, 3.8) is 0 Å². The highest BCUT2D eigenvalue weighted by atomic mass is 32.1. The quantitative estimate of drug-likeness (QED) is 0.896. The van der Waals surface area contributed by atoms with E-state index in [1.165, 1.54) is 5.56 Å². The molecule has 0 aliphatic carbocycles. The number of hydrogen-bond acceptors (Lipinski definition) is 5. The molecule has 0 spiro atoms. The lowest BCUT2D eigenvalue weighted by Gasteiger charge is -2.20. The average molecular weight is 262 g/mol. The van der Waals surface area contributed by atoms with E-state index in [-0.39, 0.29) is 6.04 Å². The minimum absolute atomic E-state index is 0.139. The third-order valence-corrected chi connectivity index (χ3v) is 3.29. The number of hydrogen-bond donors (Lipinski definition) is 1.